The van der Waals surface area contributed by atoms with Crippen LogP contribution in [0.2, 0.25) is 0 Å². The van der Waals surface area contributed by atoms with Crippen LogP contribution < -0.4 is 0 Å². The number of rotatable bonds is 4. The molecule has 1 fully saturated rings. The Morgan fingerprint density at radius 1 is 1.00 bits per heavy atom. The van der Waals surface area contributed by atoms with Crippen LogP contribution in [-0.4, -0.2) is 37.2 Å². The van der Waals surface area contributed by atoms with Crippen molar-refractivity contribution in [2.45, 2.75) is 18.9 Å². The molecule has 0 aromatic heterocycles. The molecule has 2 aromatic carbocycles. The second kappa shape index (κ2) is 8.19. The molecule has 1 aliphatic heterocycles. The molecule has 3 nitrogen and oxygen atoms in total. The first-order valence-electron chi connectivity index (χ1n) is 8.43. The fraction of sp³-hybridized carbons (Fsp3) is 0.350. The summed E-state index contributed by atoms with van der Waals surface area (Å²) in [6.07, 6.45) is 1.57. The summed E-state index contributed by atoms with van der Waals surface area (Å²) in [5, 5.41) is 9.51. The quantitative estimate of drug-likeness (QED) is 0.848. The minimum absolute atomic E-state index is 0.184. The highest BCUT2D eigenvalue weighted by molar-refractivity contribution is 5.63. The van der Waals surface area contributed by atoms with Gasteiger partial charge in [-0.25, -0.2) is 8.78 Å². The zero-order valence-corrected chi connectivity index (χ0v) is 13.9. The van der Waals surface area contributed by atoms with Gasteiger partial charge in [0.1, 0.15) is 6.04 Å². The lowest BCUT2D eigenvalue weighted by molar-refractivity contribution is 0.137. The van der Waals surface area contributed by atoms with E-state index in [0.29, 0.717) is 18.6 Å². The van der Waals surface area contributed by atoms with Crippen LogP contribution in [0, 0.1) is 23.0 Å². The zero-order chi connectivity index (χ0) is 17.6. The molecule has 0 amide bonds. The first-order valence-corrected chi connectivity index (χ1v) is 8.43. The molecule has 3 rings (SSSR count). The van der Waals surface area contributed by atoms with Gasteiger partial charge in [-0.05, 0) is 35.2 Å². The van der Waals surface area contributed by atoms with E-state index in [4.69, 9.17) is 4.74 Å². The van der Waals surface area contributed by atoms with E-state index in [2.05, 4.69) is 11.0 Å². The molecule has 0 N–H and O–H groups in total. The summed E-state index contributed by atoms with van der Waals surface area (Å²) < 4.78 is 31.9. The summed E-state index contributed by atoms with van der Waals surface area (Å²) in [4.78, 5) is 2.16. The standard InChI is InChI=1S/C20H20F2N2O/c21-19-7-6-17(13-20(19)22)16-4-2-15(3-5-16)12-18(14-23)24-8-1-10-25-11-9-24/h2-7,13,18H,1,8-12H2/t18-/m0/s1. The lowest BCUT2D eigenvalue weighted by Crippen LogP contribution is -2.37. The normalized spacial score (nSPS) is 16.8. The third-order valence-corrected chi connectivity index (χ3v) is 4.48. The second-order valence-corrected chi connectivity index (χ2v) is 6.18. The van der Waals surface area contributed by atoms with Crippen LogP contribution >= 0.6 is 0 Å². The number of nitriles is 1. The van der Waals surface area contributed by atoms with Crippen LogP contribution in [-0.2, 0) is 11.2 Å². The highest BCUT2D eigenvalue weighted by atomic mass is 19.2. The fourth-order valence-electron chi connectivity index (χ4n) is 3.07. The number of hydrogen-bond acceptors (Lipinski definition) is 3. The minimum atomic E-state index is -0.852. The summed E-state index contributed by atoms with van der Waals surface area (Å²) in [5.74, 6) is -1.70. The summed E-state index contributed by atoms with van der Waals surface area (Å²) in [5.41, 5.74) is 2.49. The maximum Gasteiger partial charge on any atom is 0.159 e. The van der Waals surface area contributed by atoms with E-state index in [1.54, 1.807) is 6.07 Å². The third-order valence-electron chi connectivity index (χ3n) is 4.48. The summed E-state index contributed by atoms with van der Waals surface area (Å²) in [6, 6.07) is 13.7. The third kappa shape index (κ3) is 4.41. The van der Waals surface area contributed by atoms with E-state index in [1.165, 1.54) is 6.07 Å². The predicted molar refractivity (Wildman–Crippen MR) is 91.9 cm³/mol. The van der Waals surface area contributed by atoms with Crippen molar-refractivity contribution in [3.05, 3.63) is 59.7 Å². The Balaban J connectivity index is 1.71. The lowest BCUT2D eigenvalue weighted by atomic mass is 10.00. The molecule has 1 heterocycles. The number of nitrogens with zero attached hydrogens (tertiary/aromatic N) is 2. The Hall–Kier alpha value is -2.29. The van der Waals surface area contributed by atoms with Gasteiger partial charge in [0, 0.05) is 26.1 Å². The molecule has 1 aliphatic rings. The van der Waals surface area contributed by atoms with Crippen LogP contribution in [0.15, 0.2) is 42.5 Å². The molecule has 25 heavy (non-hydrogen) atoms. The Morgan fingerprint density at radius 2 is 1.76 bits per heavy atom. The average Bonchev–Trinajstić information content (AvgIpc) is 2.92. The van der Waals surface area contributed by atoms with Crippen molar-refractivity contribution in [1.29, 1.82) is 5.26 Å². The van der Waals surface area contributed by atoms with Crippen molar-refractivity contribution < 1.29 is 13.5 Å². The van der Waals surface area contributed by atoms with E-state index in [-0.39, 0.29) is 6.04 Å². The molecule has 0 unspecified atom stereocenters. The van der Waals surface area contributed by atoms with Gasteiger partial charge in [-0.1, -0.05) is 30.3 Å². The van der Waals surface area contributed by atoms with E-state index in [0.717, 1.165) is 43.3 Å². The molecule has 0 bridgehead atoms. The molecule has 130 valence electrons. The first-order chi connectivity index (χ1) is 12.2. The number of ether oxygens (including phenoxy) is 1. The van der Waals surface area contributed by atoms with E-state index in [1.807, 2.05) is 24.3 Å². The minimum Gasteiger partial charge on any atom is -0.380 e. The molecule has 2 aromatic rings. The van der Waals surface area contributed by atoms with Gasteiger partial charge in [0.15, 0.2) is 11.6 Å². The molecule has 0 aliphatic carbocycles. The molecule has 0 saturated carbocycles. The Kier molecular flexibility index (Phi) is 5.75. The molecule has 1 saturated heterocycles. The van der Waals surface area contributed by atoms with Crippen molar-refractivity contribution in [2.75, 3.05) is 26.3 Å². The monoisotopic (exact) mass is 342 g/mol. The van der Waals surface area contributed by atoms with Crippen molar-refractivity contribution in [1.82, 2.24) is 4.90 Å². The van der Waals surface area contributed by atoms with Gasteiger partial charge in [-0.2, -0.15) is 5.26 Å². The van der Waals surface area contributed by atoms with Gasteiger partial charge in [-0.3, -0.25) is 4.90 Å². The van der Waals surface area contributed by atoms with Crippen molar-refractivity contribution >= 4 is 0 Å². The second-order valence-electron chi connectivity index (χ2n) is 6.18. The molecular formula is C20H20F2N2O. The zero-order valence-electron chi connectivity index (χ0n) is 13.9. The first kappa shape index (κ1) is 17.5. The topological polar surface area (TPSA) is 36.3 Å². The van der Waals surface area contributed by atoms with Crippen LogP contribution in [0.4, 0.5) is 8.78 Å². The number of benzene rings is 2. The largest absolute Gasteiger partial charge is 0.380 e. The highest BCUT2D eigenvalue weighted by Crippen LogP contribution is 2.22. The van der Waals surface area contributed by atoms with Gasteiger partial charge in [-0.15, -0.1) is 0 Å². The summed E-state index contributed by atoms with van der Waals surface area (Å²) >= 11 is 0. The summed E-state index contributed by atoms with van der Waals surface area (Å²) in [7, 11) is 0. The molecular weight excluding hydrogens is 322 g/mol. The Morgan fingerprint density at radius 3 is 2.48 bits per heavy atom. The molecule has 0 spiro atoms. The van der Waals surface area contributed by atoms with Crippen LogP contribution in [0.3, 0.4) is 0 Å². The average molecular weight is 342 g/mol. The van der Waals surface area contributed by atoms with E-state index in [9.17, 15) is 14.0 Å². The van der Waals surface area contributed by atoms with E-state index < -0.39 is 11.6 Å². The van der Waals surface area contributed by atoms with Crippen LogP contribution in [0.25, 0.3) is 11.1 Å². The summed E-state index contributed by atoms with van der Waals surface area (Å²) in [6.45, 7) is 3.04. The van der Waals surface area contributed by atoms with Gasteiger partial charge in [0.25, 0.3) is 0 Å². The molecule has 5 heteroatoms. The number of hydrogen-bond donors (Lipinski definition) is 0. The SMILES string of the molecule is N#C[C@H](Cc1ccc(-c2ccc(F)c(F)c2)cc1)N1CCCOCC1. The van der Waals surface area contributed by atoms with Crippen molar-refractivity contribution in [2.24, 2.45) is 0 Å². The maximum absolute atomic E-state index is 13.4. The van der Waals surface area contributed by atoms with Crippen molar-refractivity contribution in [3.63, 3.8) is 0 Å². The van der Waals surface area contributed by atoms with Gasteiger partial charge < -0.3 is 4.74 Å². The fourth-order valence-corrected chi connectivity index (χ4v) is 3.07. The van der Waals surface area contributed by atoms with Gasteiger partial charge in [0.2, 0.25) is 0 Å². The van der Waals surface area contributed by atoms with E-state index >= 15 is 0 Å². The lowest BCUT2D eigenvalue weighted by Gasteiger charge is -2.24. The Bertz CT molecular complexity index is 747. The van der Waals surface area contributed by atoms with Crippen LogP contribution in [0.5, 0.6) is 0 Å². The van der Waals surface area contributed by atoms with Gasteiger partial charge >= 0.3 is 0 Å². The predicted octanol–water partition coefficient (Wildman–Crippen LogP) is 3.79. The maximum atomic E-state index is 13.4. The molecule has 1 atom stereocenters. The molecule has 0 radical (unpaired) electrons. The smallest absolute Gasteiger partial charge is 0.159 e. The Labute approximate surface area is 146 Å². The van der Waals surface area contributed by atoms with Gasteiger partial charge in [0.05, 0.1) is 12.7 Å². The number of halogens is 2. The van der Waals surface area contributed by atoms with Crippen molar-refractivity contribution in [3.8, 4) is 17.2 Å². The van der Waals surface area contributed by atoms with Crippen LogP contribution in [0.1, 0.15) is 12.0 Å². The highest BCUT2D eigenvalue weighted by Gasteiger charge is 2.20.